The number of ketones is 1. The molecule has 1 atom stereocenters. The number of nitrogens with zero attached hydrogens (tertiary/aromatic N) is 3. The minimum atomic E-state index is -0.468. The molecule has 134 valence electrons. The van der Waals surface area contributed by atoms with Gasteiger partial charge in [-0.1, -0.05) is 42.5 Å². The summed E-state index contributed by atoms with van der Waals surface area (Å²) >= 11 is 0. The van der Waals surface area contributed by atoms with E-state index in [1.54, 1.807) is 10.7 Å². The highest BCUT2D eigenvalue weighted by Gasteiger charge is 2.36. The molecule has 5 rings (SSSR count). The van der Waals surface area contributed by atoms with E-state index in [-0.39, 0.29) is 11.6 Å². The second-order valence-corrected chi connectivity index (χ2v) is 6.82. The molecule has 0 bridgehead atoms. The first-order valence-electron chi connectivity index (χ1n) is 9.01. The molecule has 3 aromatic rings. The fraction of sp³-hybridized carbons (Fsp3) is 0.190. The van der Waals surface area contributed by atoms with Crippen molar-refractivity contribution >= 4 is 11.7 Å². The fourth-order valence-electron chi connectivity index (χ4n) is 3.85. The summed E-state index contributed by atoms with van der Waals surface area (Å²) in [6, 6.07) is 15.6. The van der Waals surface area contributed by atoms with Gasteiger partial charge in [0.2, 0.25) is 5.95 Å². The summed E-state index contributed by atoms with van der Waals surface area (Å²) in [6.07, 6.45) is 2.09. The molecular weight excluding hydrogens is 343 g/mol. The quantitative estimate of drug-likeness (QED) is 0.747. The van der Waals surface area contributed by atoms with Crippen LogP contribution in [0.1, 0.15) is 30.9 Å². The Morgan fingerprint density at radius 1 is 1.07 bits per heavy atom. The second-order valence-electron chi connectivity index (χ2n) is 6.82. The van der Waals surface area contributed by atoms with E-state index < -0.39 is 6.04 Å². The first-order valence-corrected chi connectivity index (χ1v) is 9.01. The Bertz CT molecular complexity index is 1070. The van der Waals surface area contributed by atoms with Crippen LogP contribution in [0, 0.1) is 5.82 Å². The lowest BCUT2D eigenvalue weighted by Gasteiger charge is -2.32. The van der Waals surface area contributed by atoms with E-state index in [0.29, 0.717) is 29.3 Å². The molecule has 27 heavy (non-hydrogen) atoms. The van der Waals surface area contributed by atoms with Crippen molar-refractivity contribution in [2.45, 2.75) is 25.3 Å². The highest BCUT2D eigenvalue weighted by atomic mass is 19.1. The number of halogens is 1. The van der Waals surface area contributed by atoms with Gasteiger partial charge in [-0.3, -0.25) is 4.79 Å². The molecule has 5 nitrogen and oxygen atoms in total. The van der Waals surface area contributed by atoms with Crippen LogP contribution in [0.4, 0.5) is 10.3 Å². The van der Waals surface area contributed by atoms with Crippen LogP contribution in [0.15, 0.2) is 65.9 Å². The molecule has 0 fully saturated rings. The summed E-state index contributed by atoms with van der Waals surface area (Å²) in [5, 5.41) is 7.96. The van der Waals surface area contributed by atoms with Crippen LogP contribution < -0.4 is 5.32 Å². The van der Waals surface area contributed by atoms with Crippen LogP contribution in [-0.4, -0.2) is 20.5 Å². The van der Waals surface area contributed by atoms with E-state index in [1.165, 1.54) is 12.1 Å². The number of aromatic nitrogens is 3. The van der Waals surface area contributed by atoms with Gasteiger partial charge in [-0.2, -0.15) is 4.98 Å². The van der Waals surface area contributed by atoms with Crippen LogP contribution in [0.25, 0.3) is 11.4 Å². The van der Waals surface area contributed by atoms with Crippen molar-refractivity contribution in [3.05, 3.63) is 77.2 Å². The maximum absolute atomic E-state index is 13.9. The van der Waals surface area contributed by atoms with Gasteiger partial charge in [0.15, 0.2) is 11.6 Å². The molecule has 0 saturated heterocycles. The van der Waals surface area contributed by atoms with E-state index in [1.807, 2.05) is 36.4 Å². The molecular formula is C21H17FN4O. The highest BCUT2D eigenvalue weighted by molar-refractivity contribution is 5.99. The number of anilines is 1. The predicted molar refractivity (Wildman–Crippen MR) is 99.5 cm³/mol. The minimum absolute atomic E-state index is 0.0837. The Kier molecular flexibility index (Phi) is 3.63. The van der Waals surface area contributed by atoms with Crippen molar-refractivity contribution in [1.82, 2.24) is 14.8 Å². The van der Waals surface area contributed by atoms with Crippen LogP contribution in [-0.2, 0) is 4.79 Å². The summed E-state index contributed by atoms with van der Waals surface area (Å²) in [5.41, 5.74) is 3.14. The fourth-order valence-corrected chi connectivity index (χ4v) is 3.85. The average molecular weight is 360 g/mol. The summed E-state index contributed by atoms with van der Waals surface area (Å²) in [7, 11) is 0. The molecule has 0 radical (unpaired) electrons. The molecule has 2 aromatic carbocycles. The molecule has 0 amide bonds. The van der Waals surface area contributed by atoms with Crippen LogP contribution in [0.5, 0.6) is 0 Å². The minimum Gasteiger partial charge on any atom is -0.328 e. The Morgan fingerprint density at radius 3 is 2.74 bits per heavy atom. The van der Waals surface area contributed by atoms with Crippen molar-refractivity contribution in [3.63, 3.8) is 0 Å². The molecule has 2 aliphatic rings. The number of carbonyl (C=O) groups is 1. The standard InChI is InChI=1S/C21H17FN4O/c22-15-9-4-8-14(12-15)19-18-16(10-5-11-17(18)27)23-21-24-20(25-26(19)21)13-6-2-1-3-7-13/h1-4,6-9,12,19H,5,10-11H2,(H,23,24,25). The highest BCUT2D eigenvalue weighted by Crippen LogP contribution is 2.40. The third kappa shape index (κ3) is 2.65. The second kappa shape index (κ2) is 6.16. The number of hydrogen-bond donors (Lipinski definition) is 1. The molecule has 0 spiro atoms. The van der Waals surface area contributed by atoms with Crippen molar-refractivity contribution < 1.29 is 9.18 Å². The Balaban J connectivity index is 1.70. The SMILES string of the molecule is O=C1CCCC2=C1C(c1cccc(F)c1)n1nc(-c3ccccc3)nc1N2. The van der Waals surface area contributed by atoms with E-state index in [9.17, 15) is 9.18 Å². The Morgan fingerprint density at radius 2 is 1.93 bits per heavy atom. The van der Waals surface area contributed by atoms with Gasteiger partial charge in [-0.15, -0.1) is 5.10 Å². The van der Waals surface area contributed by atoms with Gasteiger partial charge < -0.3 is 5.32 Å². The van der Waals surface area contributed by atoms with E-state index in [0.717, 1.165) is 24.1 Å². The zero-order chi connectivity index (χ0) is 18.4. The summed E-state index contributed by atoms with van der Waals surface area (Å²) in [4.78, 5) is 17.4. The zero-order valence-corrected chi connectivity index (χ0v) is 14.5. The Hall–Kier alpha value is -3.28. The zero-order valence-electron chi connectivity index (χ0n) is 14.5. The molecule has 6 heteroatoms. The van der Waals surface area contributed by atoms with Crippen LogP contribution in [0.2, 0.25) is 0 Å². The number of allylic oxidation sites excluding steroid dienone is 2. The van der Waals surface area contributed by atoms with E-state index >= 15 is 0 Å². The molecule has 0 saturated carbocycles. The molecule has 2 heterocycles. The summed E-state index contributed by atoms with van der Waals surface area (Å²) < 4.78 is 15.6. The van der Waals surface area contributed by atoms with Crippen molar-refractivity contribution in [2.24, 2.45) is 0 Å². The van der Waals surface area contributed by atoms with Crippen LogP contribution in [0.3, 0.4) is 0 Å². The lowest BCUT2D eigenvalue weighted by atomic mass is 9.85. The van der Waals surface area contributed by atoms with Gasteiger partial charge >= 0.3 is 0 Å². The number of benzene rings is 2. The monoisotopic (exact) mass is 360 g/mol. The molecule has 1 unspecified atom stereocenters. The van der Waals surface area contributed by atoms with Gasteiger partial charge in [0, 0.05) is 23.3 Å². The molecule has 1 aliphatic carbocycles. The lowest BCUT2D eigenvalue weighted by molar-refractivity contribution is -0.116. The predicted octanol–water partition coefficient (Wildman–Crippen LogP) is 4.11. The lowest BCUT2D eigenvalue weighted by Crippen LogP contribution is -2.31. The van der Waals surface area contributed by atoms with Gasteiger partial charge in [-0.25, -0.2) is 9.07 Å². The number of nitrogens with one attached hydrogen (secondary N) is 1. The topological polar surface area (TPSA) is 59.8 Å². The third-order valence-corrected chi connectivity index (χ3v) is 5.06. The van der Waals surface area contributed by atoms with Crippen molar-refractivity contribution in [2.75, 3.05) is 5.32 Å². The maximum atomic E-state index is 13.9. The normalized spacial score (nSPS) is 18.7. The van der Waals surface area contributed by atoms with Gasteiger partial charge in [0.1, 0.15) is 11.9 Å². The maximum Gasteiger partial charge on any atom is 0.226 e. The summed E-state index contributed by atoms with van der Waals surface area (Å²) in [6.45, 7) is 0. The molecule has 1 N–H and O–H groups in total. The van der Waals surface area contributed by atoms with Crippen molar-refractivity contribution in [1.29, 1.82) is 0 Å². The number of Topliss-reactive ketones (excluding diaryl/α,β-unsaturated/α-hetero) is 1. The largest absolute Gasteiger partial charge is 0.328 e. The summed E-state index contributed by atoms with van der Waals surface area (Å²) in [5.74, 6) is 0.908. The number of hydrogen-bond acceptors (Lipinski definition) is 4. The number of fused-ring (bicyclic) bond motifs is 1. The first kappa shape index (κ1) is 15.9. The van der Waals surface area contributed by atoms with Crippen molar-refractivity contribution in [3.8, 4) is 11.4 Å². The van der Waals surface area contributed by atoms with Crippen LogP contribution >= 0.6 is 0 Å². The molecule has 1 aliphatic heterocycles. The van der Waals surface area contributed by atoms with Gasteiger partial charge in [0.05, 0.1) is 0 Å². The number of carbonyl (C=O) groups excluding carboxylic acids is 1. The Labute approximate surface area is 155 Å². The third-order valence-electron chi connectivity index (χ3n) is 5.06. The first-order chi connectivity index (χ1) is 13.2. The average Bonchev–Trinajstić information content (AvgIpc) is 3.11. The molecule has 1 aromatic heterocycles. The van der Waals surface area contributed by atoms with Gasteiger partial charge in [-0.05, 0) is 30.5 Å². The van der Waals surface area contributed by atoms with Gasteiger partial charge in [0.25, 0.3) is 0 Å². The van der Waals surface area contributed by atoms with E-state index in [4.69, 9.17) is 0 Å². The number of rotatable bonds is 2. The van der Waals surface area contributed by atoms with E-state index in [2.05, 4.69) is 15.4 Å². The smallest absolute Gasteiger partial charge is 0.226 e.